The van der Waals surface area contributed by atoms with Crippen LogP contribution in [0.1, 0.15) is 30.1 Å². The molecule has 0 aliphatic carbocycles. The molecule has 1 fully saturated rings. The van der Waals surface area contributed by atoms with Crippen LogP contribution in [-0.2, 0) is 0 Å². The second-order valence-electron chi connectivity index (χ2n) is 6.59. The molecule has 1 aliphatic rings. The lowest BCUT2D eigenvalue weighted by Gasteiger charge is -2.31. The van der Waals surface area contributed by atoms with Crippen LogP contribution in [0.25, 0.3) is 0 Å². The standard InChI is InChI=1S/C19H18BrClN2O4/c1-12-6-8-22(9-7-12)16-4-2-13(10-17(16)23(25)26)19(24)27-18-5-3-14(20)11-15(18)21/h2-5,10-12H,6-9H2,1H3. The third kappa shape index (κ3) is 4.59. The van der Waals surface area contributed by atoms with Crippen LogP contribution in [0.3, 0.4) is 0 Å². The predicted octanol–water partition coefficient (Wildman–Crippen LogP) is 5.47. The van der Waals surface area contributed by atoms with Crippen molar-refractivity contribution in [2.45, 2.75) is 19.8 Å². The van der Waals surface area contributed by atoms with E-state index < -0.39 is 10.9 Å². The van der Waals surface area contributed by atoms with E-state index in [-0.39, 0.29) is 22.0 Å². The number of anilines is 1. The summed E-state index contributed by atoms with van der Waals surface area (Å²) in [4.78, 5) is 25.5. The number of nitro groups is 1. The highest BCUT2D eigenvalue weighted by atomic mass is 79.9. The zero-order valence-electron chi connectivity index (χ0n) is 14.7. The van der Waals surface area contributed by atoms with Crippen LogP contribution >= 0.6 is 27.5 Å². The van der Waals surface area contributed by atoms with E-state index in [0.29, 0.717) is 11.6 Å². The van der Waals surface area contributed by atoms with E-state index in [1.165, 1.54) is 6.07 Å². The minimum absolute atomic E-state index is 0.0964. The Morgan fingerprint density at radius 3 is 2.59 bits per heavy atom. The number of halogens is 2. The summed E-state index contributed by atoms with van der Waals surface area (Å²) in [5.74, 6) is 0.118. The normalized spacial score (nSPS) is 14.9. The Morgan fingerprint density at radius 1 is 1.26 bits per heavy atom. The quantitative estimate of drug-likeness (QED) is 0.266. The van der Waals surface area contributed by atoms with Crippen LogP contribution in [-0.4, -0.2) is 24.0 Å². The van der Waals surface area contributed by atoms with E-state index in [1.54, 1.807) is 30.3 Å². The number of hydrogen-bond acceptors (Lipinski definition) is 5. The zero-order valence-corrected chi connectivity index (χ0v) is 17.0. The fourth-order valence-corrected chi connectivity index (χ4v) is 3.74. The van der Waals surface area contributed by atoms with Gasteiger partial charge in [-0.25, -0.2) is 4.79 Å². The van der Waals surface area contributed by atoms with Crippen LogP contribution in [0.15, 0.2) is 40.9 Å². The maximum atomic E-state index is 12.4. The third-order valence-corrected chi connectivity index (χ3v) is 5.42. The van der Waals surface area contributed by atoms with Crippen molar-refractivity contribution in [2.24, 2.45) is 5.92 Å². The summed E-state index contributed by atoms with van der Waals surface area (Å²) in [6.07, 6.45) is 1.98. The highest BCUT2D eigenvalue weighted by Crippen LogP contribution is 2.33. The molecular weight excluding hydrogens is 436 g/mol. The van der Waals surface area contributed by atoms with Crippen molar-refractivity contribution < 1.29 is 14.5 Å². The van der Waals surface area contributed by atoms with Gasteiger partial charge in [0.05, 0.1) is 15.5 Å². The number of carbonyl (C=O) groups excluding carboxylic acids is 1. The summed E-state index contributed by atoms with van der Waals surface area (Å²) in [7, 11) is 0. The maximum absolute atomic E-state index is 12.4. The van der Waals surface area contributed by atoms with E-state index in [4.69, 9.17) is 16.3 Å². The first kappa shape index (κ1) is 19.6. The van der Waals surface area contributed by atoms with Crippen LogP contribution in [0.4, 0.5) is 11.4 Å². The third-order valence-electron chi connectivity index (χ3n) is 4.63. The van der Waals surface area contributed by atoms with Crippen molar-refractivity contribution in [3.8, 4) is 5.75 Å². The van der Waals surface area contributed by atoms with Gasteiger partial charge in [0.1, 0.15) is 11.4 Å². The Balaban J connectivity index is 1.85. The molecule has 1 saturated heterocycles. The highest BCUT2D eigenvalue weighted by molar-refractivity contribution is 9.10. The van der Waals surface area contributed by atoms with E-state index >= 15 is 0 Å². The molecule has 8 heteroatoms. The molecule has 27 heavy (non-hydrogen) atoms. The van der Waals surface area contributed by atoms with Gasteiger partial charge in [0.2, 0.25) is 0 Å². The monoisotopic (exact) mass is 452 g/mol. The van der Waals surface area contributed by atoms with E-state index in [1.807, 2.05) is 4.90 Å². The molecule has 0 radical (unpaired) electrons. The first-order valence-electron chi connectivity index (χ1n) is 8.56. The van der Waals surface area contributed by atoms with Gasteiger partial charge in [-0.2, -0.15) is 0 Å². The Morgan fingerprint density at radius 2 is 1.96 bits per heavy atom. The van der Waals surface area contributed by atoms with Gasteiger partial charge in [-0.05, 0) is 49.1 Å². The predicted molar refractivity (Wildman–Crippen MR) is 108 cm³/mol. The lowest BCUT2D eigenvalue weighted by Crippen LogP contribution is -2.33. The smallest absolute Gasteiger partial charge is 0.343 e. The summed E-state index contributed by atoms with van der Waals surface area (Å²) >= 11 is 9.34. The Bertz CT molecular complexity index is 882. The van der Waals surface area contributed by atoms with E-state index in [2.05, 4.69) is 22.9 Å². The molecule has 2 aromatic carbocycles. The number of hydrogen-bond donors (Lipinski definition) is 0. The second kappa shape index (κ2) is 8.27. The zero-order chi connectivity index (χ0) is 19.6. The number of nitro benzene ring substituents is 1. The number of ether oxygens (including phenoxy) is 1. The molecule has 0 unspecified atom stereocenters. The Hall–Kier alpha value is -2.12. The molecule has 0 spiro atoms. The van der Waals surface area contributed by atoms with Gasteiger partial charge in [0.15, 0.2) is 0 Å². The van der Waals surface area contributed by atoms with Crippen LogP contribution in [0, 0.1) is 16.0 Å². The molecule has 0 N–H and O–H groups in total. The van der Waals surface area contributed by atoms with Crippen molar-refractivity contribution in [3.63, 3.8) is 0 Å². The lowest BCUT2D eigenvalue weighted by atomic mass is 9.98. The van der Waals surface area contributed by atoms with E-state index in [9.17, 15) is 14.9 Å². The van der Waals surface area contributed by atoms with Gasteiger partial charge in [0, 0.05) is 23.6 Å². The summed E-state index contributed by atoms with van der Waals surface area (Å²) in [5, 5.41) is 11.8. The topological polar surface area (TPSA) is 72.7 Å². The average molecular weight is 454 g/mol. The first-order valence-corrected chi connectivity index (χ1v) is 9.73. The molecule has 2 aromatic rings. The summed E-state index contributed by atoms with van der Waals surface area (Å²) in [6.45, 7) is 3.71. The van der Waals surface area contributed by atoms with Crippen molar-refractivity contribution >= 4 is 44.9 Å². The molecule has 0 saturated carbocycles. The van der Waals surface area contributed by atoms with Gasteiger partial charge in [0.25, 0.3) is 5.69 Å². The average Bonchev–Trinajstić information content (AvgIpc) is 2.64. The first-order chi connectivity index (χ1) is 12.8. The second-order valence-corrected chi connectivity index (χ2v) is 7.92. The fraction of sp³-hybridized carbons (Fsp3) is 0.316. The minimum atomic E-state index is -0.693. The molecule has 0 atom stereocenters. The van der Waals surface area contributed by atoms with Crippen LogP contribution in [0.2, 0.25) is 5.02 Å². The molecule has 0 amide bonds. The molecular formula is C19H18BrClN2O4. The minimum Gasteiger partial charge on any atom is -0.421 e. The summed E-state index contributed by atoms with van der Waals surface area (Å²) in [5.41, 5.74) is 0.542. The summed E-state index contributed by atoms with van der Waals surface area (Å²) in [6, 6.07) is 9.29. The number of esters is 1. The van der Waals surface area contributed by atoms with Crippen molar-refractivity contribution in [2.75, 3.05) is 18.0 Å². The van der Waals surface area contributed by atoms with Crippen LogP contribution < -0.4 is 9.64 Å². The largest absolute Gasteiger partial charge is 0.421 e. The lowest BCUT2D eigenvalue weighted by molar-refractivity contribution is -0.384. The molecule has 3 rings (SSSR count). The molecule has 6 nitrogen and oxygen atoms in total. The Labute approximate surface area is 170 Å². The molecule has 142 valence electrons. The van der Waals surface area contributed by atoms with Crippen molar-refractivity contribution in [1.82, 2.24) is 0 Å². The van der Waals surface area contributed by atoms with Gasteiger partial charge < -0.3 is 9.64 Å². The molecule has 0 aromatic heterocycles. The number of nitrogens with zero attached hydrogens (tertiary/aromatic N) is 2. The van der Waals surface area contributed by atoms with Gasteiger partial charge in [-0.15, -0.1) is 0 Å². The molecule has 1 heterocycles. The summed E-state index contributed by atoms with van der Waals surface area (Å²) < 4.78 is 6.05. The fourth-order valence-electron chi connectivity index (χ4n) is 3.03. The number of piperidine rings is 1. The maximum Gasteiger partial charge on any atom is 0.343 e. The number of carbonyl (C=O) groups is 1. The SMILES string of the molecule is CC1CCN(c2ccc(C(=O)Oc3ccc(Br)cc3Cl)cc2[N+](=O)[O-])CC1. The number of benzene rings is 2. The van der Waals surface area contributed by atoms with Crippen molar-refractivity contribution in [3.05, 3.63) is 61.6 Å². The highest BCUT2D eigenvalue weighted by Gasteiger charge is 2.25. The van der Waals surface area contributed by atoms with E-state index in [0.717, 1.165) is 30.4 Å². The van der Waals surface area contributed by atoms with Gasteiger partial charge >= 0.3 is 5.97 Å². The van der Waals surface area contributed by atoms with Crippen molar-refractivity contribution in [1.29, 1.82) is 0 Å². The van der Waals surface area contributed by atoms with Gasteiger partial charge in [-0.1, -0.05) is 34.5 Å². The number of rotatable bonds is 4. The van der Waals surface area contributed by atoms with Gasteiger partial charge in [-0.3, -0.25) is 10.1 Å². The molecule has 0 bridgehead atoms. The molecule has 1 aliphatic heterocycles. The Kier molecular flexibility index (Phi) is 6.01. The van der Waals surface area contributed by atoms with Crippen LogP contribution in [0.5, 0.6) is 5.75 Å².